The van der Waals surface area contributed by atoms with Gasteiger partial charge in [0.1, 0.15) is 12.6 Å². The van der Waals surface area contributed by atoms with Crippen LogP contribution in [0.2, 0.25) is 0 Å². The van der Waals surface area contributed by atoms with E-state index in [4.69, 9.17) is 0 Å². The molecule has 0 aliphatic heterocycles. The maximum atomic E-state index is 14.5. The maximum Gasteiger partial charge on any atom is 0.264 e. The van der Waals surface area contributed by atoms with E-state index >= 15 is 0 Å². The Morgan fingerprint density at radius 1 is 0.750 bits per heavy atom. The largest absolute Gasteiger partial charge is 0.350 e. The second-order valence-electron chi connectivity index (χ2n) is 11.4. The van der Waals surface area contributed by atoms with Crippen LogP contribution in [0.25, 0.3) is 0 Å². The Balaban J connectivity index is 1.80. The Morgan fingerprint density at radius 2 is 1.27 bits per heavy atom. The third kappa shape index (κ3) is 9.03. The summed E-state index contributed by atoms with van der Waals surface area (Å²) in [7, 11) is -4.14. The van der Waals surface area contributed by atoms with Crippen molar-refractivity contribution in [3.63, 3.8) is 0 Å². The lowest BCUT2D eigenvalue weighted by molar-refractivity contribution is -0.140. The fourth-order valence-corrected chi connectivity index (χ4v) is 6.61. The van der Waals surface area contributed by atoms with Crippen LogP contribution < -0.4 is 9.62 Å². The van der Waals surface area contributed by atoms with Crippen LogP contribution in [0, 0.1) is 0 Å². The van der Waals surface area contributed by atoms with Gasteiger partial charge in [-0.1, -0.05) is 92.5 Å². The summed E-state index contributed by atoms with van der Waals surface area (Å²) in [5.74, 6) is -0.840. The van der Waals surface area contributed by atoms with E-state index in [1.54, 1.807) is 42.5 Å². The minimum Gasteiger partial charge on any atom is -0.350 e. The van der Waals surface area contributed by atoms with Crippen molar-refractivity contribution >= 4 is 59.4 Å². The minimum atomic E-state index is -4.14. The molecule has 0 unspecified atom stereocenters. The number of anilines is 1. The summed E-state index contributed by atoms with van der Waals surface area (Å²) in [5, 5.41) is 3.04. The third-order valence-corrected chi connectivity index (χ3v) is 9.61. The summed E-state index contributed by atoms with van der Waals surface area (Å²) in [4.78, 5) is 29.9. The van der Waals surface area contributed by atoms with Crippen LogP contribution in [-0.2, 0) is 32.6 Å². The van der Waals surface area contributed by atoms with E-state index in [9.17, 15) is 18.0 Å². The molecule has 230 valence electrons. The molecular formula is C34H35Br2N3O4S. The molecule has 2 amide bonds. The predicted molar refractivity (Wildman–Crippen MR) is 182 cm³/mol. The number of sulfonamides is 1. The van der Waals surface area contributed by atoms with Crippen molar-refractivity contribution in [2.75, 3.05) is 10.8 Å². The van der Waals surface area contributed by atoms with Gasteiger partial charge in [0, 0.05) is 27.4 Å². The number of hydrogen-bond acceptors (Lipinski definition) is 4. The van der Waals surface area contributed by atoms with Crippen molar-refractivity contribution in [2.45, 2.75) is 50.2 Å². The highest BCUT2D eigenvalue weighted by molar-refractivity contribution is 9.10. The molecule has 0 saturated carbocycles. The zero-order valence-electron chi connectivity index (χ0n) is 24.8. The lowest BCUT2D eigenvalue weighted by Crippen LogP contribution is -2.56. The molecule has 4 rings (SSSR count). The number of rotatable bonds is 11. The number of carbonyl (C=O) groups excluding carboxylic acids is 2. The topological polar surface area (TPSA) is 86.8 Å². The first-order valence-corrected chi connectivity index (χ1v) is 17.1. The highest BCUT2D eigenvalue weighted by Crippen LogP contribution is 2.27. The maximum absolute atomic E-state index is 14.5. The van der Waals surface area contributed by atoms with Crippen LogP contribution in [0.5, 0.6) is 0 Å². The van der Waals surface area contributed by atoms with Gasteiger partial charge in [0.2, 0.25) is 11.8 Å². The number of halogens is 2. The molecule has 4 aromatic rings. The standard InChI is InChI=1S/C34H35Br2N3O4S/c1-34(2,3)37-33(41)31(22-25-10-6-4-7-11-25)38(23-26-14-16-27(35)17-15-26)32(40)24-39(29-20-18-28(36)19-21-29)44(42,43)30-12-8-5-9-13-30/h4-21,31H,22-24H2,1-3H3,(H,37,41)/t31-/m1/s1. The first-order valence-electron chi connectivity index (χ1n) is 14.1. The molecule has 0 aliphatic carbocycles. The molecule has 0 bridgehead atoms. The van der Waals surface area contributed by atoms with Gasteiger partial charge in [-0.25, -0.2) is 8.42 Å². The zero-order valence-corrected chi connectivity index (χ0v) is 28.8. The Labute approximate surface area is 276 Å². The van der Waals surface area contributed by atoms with Gasteiger partial charge in [0.25, 0.3) is 10.0 Å². The van der Waals surface area contributed by atoms with E-state index in [1.807, 2.05) is 75.4 Å². The molecule has 0 spiro atoms. The van der Waals surface area contributed by atoms with E-state index in [0.29, 0.717) is 5.69 Å². The summed E-state index contributed by atoms with van der Waals surface area (Å²) in [5.41, 5.74) is 1.44. The Bertz CT molecular complexity index is 1660. The van der Waals surface area contributed by atoms with Crippen LogP contribution in [0.4, 0.5) is 5.69 Å². The van der Waals surface area contributed by atoms with Gasteiger partial charge >= 0.3 is 0 Å². The SMILES string of the molecule is CC(C)(C)NC(=O)[C@@H](Cc1ccccc1)N(Cc1ccc(Br)cc1)C(=O)CN(c1ccc(Br)cc1)S(=O)(=O)c1ccccc1. The van der Waals surface area contributed by atoms with Crippen molar-refractivity contribution in [3.05, 3.63) is 129 Å². The first kappa shape index (κ1) is 33.4. The highest BCUT2D eigenvalue weighted by Gasteiger charge is 2.35. The van der Waals surface area contributed by atoms with Gasteiger partial charge in [-0.3, -0.25) is 13.9 Å². The van der Waals surface area contributed by atoms with E-state index in [-0.39, 0.29) is 23.8 Å². The predicted octanol–water partition coefficient (Wildman–Crippen LogP) is 6.96. The second-order valence-corrected chi connectivity index (χ2v) is 15.1. The molecule has 0 aromatic heterocycles. The molecule has 0 radical (unpaired) electrons. The molecule has 7 nitrogen and oxygen atoms in total. The van der Waals surface area contributed by atoms with Crippen LogP contribution in [0.3, 0.4) is 0 Å². The van der Waals surface area contributed by atoms with Crippen molar-refractivity contribution in [1.29, 1.82) is 0 Å². The summed E-state index contributed by atoms with van der Waals surface area (Å²) < 4.78 is 30.8. The van der Waals surface area contributed by atoms with Crippen molar-refractivity contribution < 1.29 is 18.0 Å². The number of nitrogens with zero attached hydrogens (tertiary/aromatic N) is 2. The highest BCUT2D eigenvalue weighted by atomic mass is 79.9. The minimum absolute atomic E-state index is 0.0569. The summed E-state index contributed by atoms with van der Waals surface area (Å²) >= 11 is 6.86. The first-order chi connectivity index (χ1) is 20.8. The van der Waals surface area contributed by atoms with E-state index in [2.05, 4.69) is 37.2 Å². The summed E-state index contributed by atoms with van der Waals surface area (Å²) in [6, 6.07) is 30.8. The monoisotopic (exact) mass is 739 g/mol. The van der Waals surface area contributed by atoms with Crippen LogP contribution in [0.15, 0.2) is 123 Å². The van der Waals surface area contributed by atoms with Gasteiger partial charge < -0.3 is 10.2 Å². The Hall–Kier alpha value is -3.47. The molecular weight excluding hydrogens is 706 g/mol. The number of nitrogens with one attached hydrogen (secondary N) is 1. The molecule has 0 fully saturated rings. The molecule has 4 aromatic carbocycles. The summed E-state index contributed by atoms with van der Waals surface area (Å²) in [6.45, 7) is 5.23. The molecule has 0 heterocycles. The average molecular weight is 742 g/mol. The molecule has 0 aliphatic rings. The lowest BCUT2D eigenvalue weighted by atomic mass is 10.0. The molecule has 1 N–H and O–H groups in total. The van der Waals surface area contributed by atoms with Crippen LogP contribution >= 0.6 is 31.9 Å². The second kappa shape index (κ2) is 14.5. The fourth-order valence-electron chi connectivity index (χ4n) is 4.65. The number of amides is 2. The molecule has 0 saturated heterocycles. The average Bonchev–Trinajstić information content (AvgIpc) is 2.99. The van der Waals surface area contributed by atoms with Gasteiger partial charge in [0.15, 0.2) is 0 Å². The van der Waals surface area contributed by atoms with E-state index < -0.39 is 34.1 Å². The molecule has 1 atom stereocenters. The van der Waals surface area contributed by atoms with Gasteiger partial charge in [-0.15, -0.1) is 0 Å². The number of carbonyl (C=O) groups is 2. The third-order valence-electron chi connectivity index (χ3n) is 6.76. The Morgan fingerprint density at radius 3 is 1.82 bits per heavy atom. The lowest BCUT2D eigenvalue weighted by Gasteiger charge is -2.35. The van der Waals surface area contributed by atoms with Crippen LogP contribution in [-0.4, -0.2) is 43.3 Å². The van der Waals surface area contributed by atoms with Gasteiger partial charge in [-0.2, -0.15) is 0 Å². The van der Waals surface area contributed by atoms with Crippen molar-refractivity contribution in [3.8, 4) is 0 Å². The zero-order chi connectivity index (χ0) is 31.9. The molecule has 10 heteroatoms. The Kier molecular flexibility index (Phi) is 11.0. The molecule has 44 heavy (non-hydrogen) atoms. The normalized spacial score (nSPS) is 12.3. The van der Waals surface area contributed by atoms with E-state index in [1.165, 1.54) is 17.0 Å². The summed E-state index contributed by atoms with van der Waals surface area (Å²) in [6.07, 6.45) is 0.245. The van der Waals surface area contributed by atoms with Crippen molar-refractivity contribution in [2.24, 2.45) is 0 Å². The quantitative estimate of drug-likeness (QED) is 0.180. The van der Waals surface area contributed by atoms with E-state index in [0.717, 1.165) is 24.4 Å². The van der Waals surface area contributed by atoms with Crippen molar-refractivity contribution in [1.82, 2.24) is 10.2 Å². The number of benzene rings is 4. The van der Waals surface area contributed by atoms with Crippen LogP contribution in [0.1, 0.15) is 31.9 Å². The van der Waals surface area contributed by atoms with Gasteiger partial charge in [0.05, 0.1) is 10.6 Å². The number of hydrogen-bond donors (Lipinski definition) is 1. The smallest absolute Gasteiger partial charge is 0.264 e. The fraction of sp³-hybridized carbons (Fsp3) is 0.235. The van der Waals surface area contributed by atoms with Gasteiger partial charge in [-0.05, 0) is 80.4 Å².